The fourth-order valence-corrected chi connectivity index (χ4v) is 2.28. The van der Waals surface area contributed by atoms with E-state index in [-0.39, 0.29) is 0 Å². The van der Waals surface area contributed by atoms with Gasteiger partial charge in [-0.15, -0.1) is 0 Å². The Morgan fingerprint density at radius 1 is 1.23 bits per heavy atom. The second-order valence-corrected chi connectivity index (χ2v) is 5.27. The number of likely N-dealkylation sites (N-methyl/N-ethyl adjacent to an activating group) is 1. The van der Waals surface area contributed by atoms with E-state index in [9.17, 15) is 14.4 Å². The number of aromatic nitrogens is 1. The minimum atomic E-state index is -0.506. The van der Waals surface area contributed by atoms with Gasteiger partial charge in [0.05, 0.1) is 0 Å². The monoisotopic (exact) mass is 304 g/mol. The standard InChI is InChI=1S/C15H20N4O3/c1-17(7-4-13-2-5-16-6-3-13)14(21)15(22)19-10-8-18(12-20)9-11-19/h2-3,5-6,12H,4,7-11H2,1H3. The topological polar surface area (TPSA) is 73.8 Å². The molecule has 1 aromatic rings. The number of carbonyl (C=O) groups excluding carboxylic acids is 3. The maximum Gasteiger partial charge on any atom is 0.312 e. The highest BCUT2D eigenvalue weighted by molar-refractivity contribution is 6.34. The van der Waals surface area contributed by atoms with Gasteiger partial charge in [0.15, 0.2) is 0 Å². The first-order chi connectivity index (χ1) is 10.6. The molecule has 7 nitrogen and oxygen atoms in total. The van der Waals surface area contributed by atoms with E-state index < -0.39 is 11.8 Å². The fourth-order valence-electron chi connectivity index (χ4n) is 2.28. The summed E-state index contributed by atoms with van der Waals surface area (Å²) in [6, 6.07) is 3.78. The molecule has 0 saturated carbocycles. The van der Waals surface area contributed by atoms with Gasteiger partial charge in [0.1, 0.15) is 0 Å². The van der Waals surface area contributed by atoms with Crippen LogP contribution < -0.4 is 0 Å². The van der Waals surface area contributed by atoms with Gasteiger partial charge in [-0.05, 0) is 24.1 Å². The summed E-state index contributed by atoms with van der Waals surface area (Å²) in [6.07, 6.45) is 4.85. The van der Waals surface area contributed by atoms with E-state index in [1.54, 1.807) is 24.3 Å². The van der Waals surface area contributed by atoms with Gasteiger partial charge < -0.3 is 14.7 Å². The van der Waals surface area contributed by atoms with Crippen LogP contribution in [0.1, 0.15) is 5.56 Å². The summed E-state index contributed by atoms with van der Waals surface area (Å²) >= 11 is 0. The Bertz CT molecular complexity index is 527. The second-order valence-electron chi connectivity index (χ2n) is 5.27. The van der Waals surface area contributed by atoms with Crippen molar-refractivity contribution in [1.82, 2.24) is 19.7 Å². The highest BCUT2D eigenvalue weighted by Crippen LogP contribution is 2.04. The molecule has 1 aliphatic heterocycles. The molecule has 0 N–H and O–H groups in total. The number of hydrogen-bond acceptors (Lipinski definition) is 4. The van der Waals surface area contributed by atoms with Crippen LogP contribution in [0.5, 0.6) is 0 Å². The van der Waals surface area contributed by atoms with Crippen LogP contribution in [0.2, 0.25) is 0 Å². The SMILES string of the molecule is CN(CCc1ccncc1)C(=O)C(=O)N1CCN(C=O)CC1. The molecular formula is C15H20N4O3. The predicted octanol–water partition coefficient (Wildman–Crippen LogP) is -0.617. The van der Waals surface area contributed by atoms with E-state index >= 15 is 0 Å². The summed E-state index contributed by atoms with van der Waals surface area (Å²) in [7, 11) is 1.63. The summed E-state index contributed by atoms with van der Waals surface area (Å²) < 4.78 is 0. The lowest BCUT2D eigenvalue weighted by Gasteiger charge is -2.32. The van der Waals surface area contributed by atoms with Gasteiger partial charge in [-0.1, -0.05) is 0 Å². The minimum Gasteiger partial charge on any atom is -0.342 e. The molecule has 0 atom stereocenters. The zero-order valence-electron chi connectivity index (χ0n) is 12.6. The van der Waals surface area contributed by atoms with Gasteiger partial charge in [-0.25, -0.2) is 0 Å². The van der Waals surface area contributed by atoms with Crippen molar-refractivity contribution < 1.29 is 14.4 Å². The predicted molar refractivity (Wildman–Crippen MR) is 79.8 cm³/mol. The molecule has 118 valence electrons. The summed E-state index contributed by atoms with van der Waals surface area (Å²) in [5, 5.41) is 0. The van der Waals surface area contributed by atoms with Crippen LogP contribution in [0.4, 0.5) is 0 Å². The molecule has 0 spiro atoms. The number of pyridine rings is 1. The Hall–Kier alpha value is -2.44. The molecule has 0 radical (unpaired) electrons. The van der Waals surface area contributed by atoms with Crippen LogP contribution in [-0.4, -0.2) is 77.7 Å². The van der Waals surface area contributed by atoms with Crippen LogP contribution >= 0.6 is 0 Å². The molecule has 1 aliphatic rings. The van der Waals surface area contributed by atoms with Gasteiger partial charge in [0.25, 0.3) is 0 Å². The van der Waals surface area contributed by atoms with Gasteiger partial charge in [-0.2, -0.15) is 0 Å². The average molecular weight is 304 g/mol. The highest BCUT2D eigenvalue weighted by atomic mass is 16.2. The van der Waals surface area contributed by atoms with Crippen molar-refractivity contribution in [3.05, 3.63) is 30.1 Å². The first-order valence-electron chi connectivity index (χ1n) is 7.24. The number of carbonyl (C=O) groups is 3. The van der Waals surface area contributed by atoms with E-state index in [1.807, 2.05) is 12.1 Å². The average Bonchev–Trinajstić information content (AvgIpc) is 2.59. The molecule has 3 amide bonds. The number of amides is 3. The number of rotatable bonds is 4. The molecule has 1 aromatic heterocycles. The maximum atomic E-state index is 12.2. The Balaban J connectivity index is 1.82. The molecule has 0 aliphatic carbocycles. The van der Waals surface area contributed by atoms with Crippen molar-refractivity contribution in [2.75, 3.05) is 39.8 Å². The zero-order chi connectivity index (χ0) is 15.9. The Morgan fingerprint density at radius 3 is 2.45 bits per heavy atom. The molecule has 7 heteroatoms. The third kappa shape index (κ3) is 4.03. The first-order valence-corrected chi connectivity index (χ1v) is 7.24. The smallest absolute Gasteiger partial charge is 0.312 e. The van der Waals surface area contributed by atoms with Gasteiger partial charge in [-0.3, -0.25) is 19.4 Å². The van der Waals surface area contributed by atoms with E-state index in [1.165, 1.54) is 9.80 Å². The van der Waals surface area contributed by atoms with Gasteiger partial charge in [0, 0.05) is 52.2 Å². The quantitative estimate of drug-likeness (QED) is 0.549. The molecule has 0 aromatic carbocycles. The Kier molecular flexibility index (Phi) is 5.46. The Labute approximate surface area is 129 Å². The van der Waals surface area contributed by atoms with Crippen LogP contribution in [0, 0.1) is 0 Å². The summed E-state index contributed by atoms with van der Waals surface area (Å²) in [4.78, 5) is 43.4. The van der Waals surface area contributed by atoms with E-state index in [0.29, 0.717) is 39.1 Å². The first kappa shape index (κ1) is 15.9. The number of hydrogen-bond donors (Lipinski definition) is 0. The van der Waals surface area contributed by atoms with E-state index in [4.69, 9.17) is 0 Å². The number of piperazine rings is 1. The van der Waals surface area contributed by atoms with Crippen molar-refractivity contribution in [3.8, 4) is 0 Å². The second kappa shape index (κ2) is 7.53. The molecule has 1 saturated heterocycles. The largest absolute Gasteiger partial charge is 0.342 e. The minimum absolute atomic E-state index is 0.404. The van der Waals surface area contributed by atoms with Crippen LogP contribution in [0.15, 0.2) is 24.5 Å². The van der Waals surface area contributed by atoms with Crippen LogP contribution in [-0.2, 0) is 20.8 Å². The van der Waals surface area contributed by atoms with Crippen molar-refractivity contribution in [2.45, 2.75) is 6.42 Å². The molecule has 0 bridgehead atoms. The van der Waals surface area contributed by atoms with Crippen molar-refractivity contribution >= 4 is 18.2 Å². The number of nitrogens with zero attached hydrogens (tertiary/aromatic N) is 4. The van der Waals surface area contributed by atoms with E-state index in [0.717, 1.165) is 12.0 Å². The summed E-state index contributed by atoms with van der Waals surface area (Å²) in [6.45, 7) is 2.23. The highest BCUT2D eigenvalue weighted by Gasteiger charge is 2.27. The van der Waals surface area contributed by atoms with Crippen molar-refractivity contribution in [3.63, 3.8) is 0 Å². The Morgan fingerprint density at radius 2 is 1.86 bits per heavy atom. The normalized spacial score (nSPS) is 14.6. The maximum absolute atomic E-state index is 12.2. The molecule has 22 heavy (non-hydrogen) atoms. The third-order valence-corrected chi connectivity index (χ3v) is 3.77. The molecule has 2 heterocycles. The molecule has 1 fully saturated rings. The van der Waals surface area contributed by atoms with Crippen molar-refractivity contribution in [2.24, 2.45) is 0 Å². The third-order valence-electron chi connectivity index (χ3n) is 3.77. The zero-order valence-corrected chi connectivity index (χ0v) is 12.6. The lowest BCUT2D eigenvalue weighted by atomic mass is 10.2. The van der Waals surface area contributed by atoms with Gasteiger partial charge in [0.2, 0.25) is 6.41 Å². The van der Waals surface area contributed by atoms with E-state index in [2.05, 4.69) is 4.98 Å². The molecule has 2 rings (SSSR count). The molecular weight excluding hydrogens is 284 g/mol. The van der Waals surface area contributed by atoms with Gasteiger partial charge >= 0.3 is 11.8 Å². The van der Waals surface area contributed by atoms with Crippen molar-refractivity contribution in [1.29, 1.82) is 0 Å². The summed E-state index contributed by atoms with van der Waals surface area (Å²) in [5.74, 6) is -1.00. The molecule has 0 unspecified atom stereocenters. The van der Waals surface area contributed by atoms with Crippen LogP contribution in [0.3, 0.4) is 0 Å². The lowest BCUT2D eigenvalue weighted by Crippen LogP contribution is -2.52. The fraction of sp³-hybridized carbons (Fsp3) is 0.467. The summed E-state index contributed by atoms with van der Waals surface area (Å²) in [5.41, 5.74) is 1.07. The van der Waals surface area contributed by atoms with Crippen LogP contribution in [0.25, 0.3) is 0 Å². The lowest BCUT2D eigenvalue weighted by molar-refractivity contribution is -0.152.